The molecule has 3 N–H and O–H groups in total. The van der Waals surface area contributed by atoms with Crippen molar-refractivity contribution in [2.75, 3.05) is 18.9 Å². The second kappa shape index (κ2) is 7.71. The summed E-state index contributed by atoms with van der Waals surface area (Å²) in [6.07, 6.45) is 0.717. The van der Waals surface area contributed by atoms with E-state index < -0.39 is 11.9 Å². The molecule has 0 fully saturated rings. The van der Waals surface area contributed by atoms with Gasteiger partial charge in [-0.05, 0) is 24.1 Å². The maximum atomic E-state index is 11.4. The van der Waals surface area contributed by atoms with Gasteiger partial charge in [-0.2, -0.15) is 5.26 Å². The fourth-order valence-corrected chi connectivity index (χ4v) is 1.34. The first-order valence-electron chi connectivity index (χ1n) is 5.75. The lowest BCUT2D eigenvalue weighted by atomic mass is 10.1. The summed E-state index contributed by atoms with van der Waals surface area (Å²) in [4.78, 5) is 22.4. The third kappa shape index (κ3) is 6.07. The van der Waals surface area contributed by atoms with Crippen LogP contribution in [0.5, 0.6) is 0 Å². The molecule has 0 aromatic heterocycles. The topological polar surface area (TPSA) is 105 Å². The van der Waals surface area contributed by atoms with E-state index in [4.69, 9.17) is 15.7 Å². The maximum absolute atomic E-state index is 11.4. The van der Waals surface area contributed by atoms with Gasteiger partial charge < -0.3 is 15.8 Å². The Hall–Kier alpha value is -2.55. The van der Waals surface area contributed by atoms with E-state index in [-0.39, 0.29) is 19.6 Å². The summed E-state index contributed by atoms with van der Waals surface area (Å²) in [5.74, 6) is -0.939. The van der Waals surface area contributed by atoms with Crippen molar-refractivity contribution in [1.29, 1.82) is 5.26 Å². The van der Waals surface area contributed by atoms with Gasteiger partial charge in [-0.25, -0.2) is 0 Å². The smallest absolute Gasteiger partial charge is 0.306 e. The van der Waals surface area contributed by atoms with Gasteiger partial charge in [-0.3, -0.25) is 9.59 Å². The van der Waals surface area contributed by atoms with E-state index in [9.17, 15) is 9.59 Å². The van der Waals surface area contributed by atoms with Gasteiger partial charge in [0.1, 0.15) is 6.54 Å². The molecule has 6 heteroatoms. The first-order valence-corrected chi connectivity index (χ1v) is 5.75. The number of nitriles is 1. The lowest BCUT2D eigenvalue weighted by Crippen LogP contribution is -2.29. The van der Waals surface area contributed by atoms with Gasteiger partial charge in [0.25, 0.3) is 5.91 Å². The van der Waals surface area contributed by atoms with Crippen LogP contribution in [0.2, 0.25) is 0 Å². The number of carbonyl (C=O) groups excluding carboxylic acids is 2. The first kappa shape index (κ1) is 14.5. The Bertz CT molecular complexity index is 477. The number of benzene rings is 1. The zero-order chi connectivity index (χ0) is 14.1. The molecule has 1 aromatic carbocycles. The molecule has 0 radical (unpaired) electrons. The number of nitrogen functional groups attached to an aromatic ring is 1. The largest absolute Gasteiger partial charge is 0.456 e. The van der Waals surface area contributed by atoms with E-state index in [1.807, 2.05) is 12.1 Å². The standard InChI is InChI=1S/C13H15N3O3/c14-7-8-16-12(17)9-19-13(18)6-3-10-1-4-11(15)5-2-10/h1-2,4-5H,3,6,8-9,15H2,(H,16,17). The molecular formula is C13H15N3O3. The van der Waals surface area contributed by atoms with Crippen LogP contribution in [-0.4, -0.2) is 25.0 Å². The predicted octanol–water partition coefficient (Wildman–Crippen LogP) is 0.384. The Morgan fingerprint density at radius 2 is 2.00 bits per heavy atom. The minimum atomic E-state index is -0.484. The van der Waals surface area contributed by atoms with Crippen LogP contribution in [0.25, 0.3) is 0 Å². The Balaban J connectivity index is 2.23. The number of hydrogen-bond acceptors (Lipinski definition) is 5. The van der Waals surface area contributed by atoms with Crippen LogP contribution in [0.15, 0.2) is 24.3 Å². The second-order valence-electron chi connectivity index (χ2n) is 3.84. The zero-order valence-electron chi connectivity index (χ0n) is 10.4. The minimum Gasteiger partial charge on any atom is -0.456 e. The van der Waals surface area contributed by atoms with Crippen molar-refractivity contribution in [2.45, 2.75) is 12.8 Å². The average Bonchev–Trinajstić information content (AvgIpc) is 2.42. The molecular weight excluding hydrogens is 246 g/mol. The highest BCUT2D eigenvalue weighted by Gasteiger charge is 2.07. The summed E-state index contributed by atoms with van der Waals surface area (Å²) in [6.45, 7) is -0.454. The highest BCUT2D eigenvalue weighted by molar-refractivity contribution is 5.80. The van der Waals surface area contributed by atoms with Crippen molar-refractivity contribution < 1.29 is 14.3 Å². The van der Waals surface area contributed by atoms with Crippen LogP contribution >= 0.6 is 0 Å². The number of nitrogens with one attached hydrogen (secondary N) is 1. The Labute approximate surface area is 111 Å². The van der Waals surface area contributed by atoms with E-state index >= 15 is 0 Å². The molecule has 0 heterocycles. The minimum absolute atomic E-state index is 0.0954. The third-order valence-corrected chi connectivity index (χ3v) is 2.33. The molecule has 0 spiro atoms. The average molecular weight is 261 g/mol. The lowest BCUT2D eigenvalue weighted by molar-refractivity contribution is -0.148. The van der Waals surface area contributed by atoms with Gasteiger partial charge >= 0.3 is 5.97 Å². The van der Waals surface area contributed by atoms with Crippen molar-refractivity contribution in [3.05, 3.63) is 29.8 Å². The molecule has 0 unspecified atom stereocenters. The summed E-state index contributed by atoms with van der Waals surface area (Å²) < 4.78 is 4.76. The number of carbonyl (C=O) groups is 2. The van der Waals surface area contributed by atoms with E-state index in [0.717, 1.165) is 5.56 Å². The predicted molar refractivity (Wildman–Crippen MR) is 68.8 cm³/mol. The molecule has 0 aliphatic rings. The summed E-state index contributed by atoms with van der Waals surface area (Å²) in [5.41, 5.74) is 7.18. The summed E-state index contributed by atoms with van der Waals surface area (Å²) in [6, 6.07) is 8.95. The fraction of sp³-hybridized carbons (Fsp3) is 0.308. The number of amides is 1. The van der Waals surface area contributed by atoms with Crippen molar-refractivity contribution in [2.24, 2.45) is 0 Å². The molecule has 1 rings (SSSR count). The van der Waals surface area contributed by atoms with Gasteiger partial charge in [-0.15, -0.1) is 0 Å². The van der Waals surface area contributed by atoms with Crippen LogP contribution in [0.3, 0.4) is 0 Å². The molecule has 100 valence electrons. The van der Waals surface area contributed by atoms with Crippen LogP contribution in [-0.2, 0) is 20.7 Å². The highest BCUT2D eigenvalue weighted by atomic mass is 16.5. The number of nitrogens with two attached hydrogens (primary N) is 1. The molecule has 0 bridgehead atoms. The normalized spacial score (nSPS) is 9.42. The Morgan fingerprint density at radius 3 is 2.63 bits per heavy atom. The quantitative estimate of drug-likeness (QED) is 0.437. The molecule has 0 aliphatic heterocycles. The molecule has 1 aromatic rings. The number of aryl methyl sites for hydroxylation is 1. The lowest BCUT2D eigenvalue weighted by Gasteiger charge is -2.04. The van der Waals surface area contributed by atoms with E-state index in [1.165, 1.54) is 0 Å². The number of rotatable bonds is 6. The molecule has 6 nitrogen and oxygen atoms in total. The molecule has 0 saturated carbocycles. The monoisotopic (exact) mass is 261 g/mol. The molecule has 0 saturated heterocycles. The highest BCUT2D eigenvalue weighted by Crippen LogP contribution is 2.07. The van der Waals surface area contributed by atoms with E-state index in [2.05, 4.69) is 5.32 Å². The summed E-state index contributed by atoms with van der Waals surface area (Å²) >= 11 is 0. The molecule has 19 heavy (non-hydrogen) atoms. The van der Waals surface area contributed by atoms with Crippen LogP contribution in [0.4, 0.5) is 5.69 Å². The summed E-state index contributed by atoms with van der Waals surface area (Å²) in [5, 5.41) is 10.5. The summed E-state index contributed by atoms with van der Waals surface area (Å²) in [7, 11) is 0. The first-order chi connectivity index (χ1) is 9.11. The van der Waals surface area contributed by atoms with Crippen molar-refractivity contribution in [3.63, 3.8) is 0 Å². The number of ether oxygens (including phenoxy) is 1. The van der Waals surface area contributed by atoms with Gasteiger partial charge in [0.15, 0.2) is 6.61 Å². The Morgan fingerprint density at radius 1 is 1.32 bits per heavy atom. The van der Waals surface area contributed by atoms with Gasteiger partial charge in [0.05, 0.1) is 6.07 Å². The zero-order valence-corrected chi connectivity index (χ0v) is 10.4. The van der Waals surface area contributed by atoms with Crippen molar-refractivity contribution in [1.82, 2.24) is 5.32 Å². The number of hydrogen-bond donors (Lipinski definition) is 2. The van der Waals surface area contributed by atoms with E-state index in [1.54, 1.807) is 18.2 Å². The number of esters is 1. The van der Waals surface area contributed by atoms with Crippen LogP contribution in [0, 0.1) is 11.3 Å². The molecule has 0 aliphatic carbocycles. The van der Waals surface area contributed by atoms with Gasteiger partial charge in [-0.1, -0.05) is 12.1 Å². The van der Waals surface area contributed by atoms with Gasteiger partial charge in [0, 0.05) is 12.1 Å². The van der Waals surface area contributed by atoms with Crippen LogP contribution in [0.1, 0.15) is 12.0 Å². The second-order valence-corrected chi connectivity index (χ2v) is 3.84. The van der Waals surface area contributed by atoms with Crippen molar-refractivity contribution >= 4 is 17.6 Å². The molecule has 1 amide bonds. The van der Waals surface area contributed by atoms with Crippen LogP contribution < -0.4 is 11.1 Å². The SMILES string of the molecule is N#CCNC(=O)COC(=O)CCc1ccc(N)cc1. The van der Waals surface area contributed by atoms with Crippen molar-refractivity contribution in [3.8, 4) is 6.07 Å². The Kier molecular flexibility index (Phi) is 5.89. The van der Waals surface area contributed by atoms with Gasteiger partial charge in [0.2, 0.25) is 0 Å². The number of anilines is 1. The third-order valence-electron chi connectivity index (χ3n) is 2.33. The molecule has 0 atom stereocenters. The number of nitrogens with zero attached hydrogens (tertiary/aromatic N) is 1. The maximum Gasteiger partial charge on any atom is 0.306 e. The fourth-order valence-electron chi connectivity index (χ4n) is 1.34. The van der Waals surface area contributed by atoms with E-state index in [0.29, 0.717) is 12.1 Å².